The molecule has 0 heterocycles. The highest BCUT2D eigenvalue weighted by atomic mass is 16.5. The Balaban J connectivity index is 2.99. The second-order valence-electron chi connectivity index (χ2n) is 3.82. The molecule has 2 amide bonds. The largest absolute Gasteiger partial charge is 0.497 e. The Morgan fingerprint density at radius 1 is 1.35 bits per heavy atom. The number of methoxy groups -OCH3 is 1. The number of anilines is 2. The molecule has 0 aliphatic heterocycles. The molecule has 0 radical (unpaired) electrons. The van der Waals surface area contributed by atoms with Gasteiger partial charge in [-0.3, -0.25) is 9.59 Å². The van der Waals surface area contributed by atoms with Gasteiger partial charge in [-0.25, -0.2) is 0 Å². The van der Waals surface area contributed by atoms with Crippen molar-refractivity contribution in [2.45, 2.75) is 13.8 Å². The third-order valence-corrected chi connectivity index (χ3v) is 2.22. The summed E-state index contributed by atoms with van der Waals surface area (Å²) in [7, 11) is 1.54. The molecule has 0 saturated carbocycles. The van der Waals surface area contributed by atoms with Crippen LogP contribution in [0.5, 0.6) is 5.75 Å². The second-order valence-corrected chi connectivity index (χ2v) is 3.82. The molecule has 0 spiro atoms. The standard InChI is InChI=1S/C12H16N2O3/c1-8(2)12(16)14-11-6-9(17-3)4-5-10(11)13-7-15/h4-8H,1-3H3,(H,13,15)(H,14,16). The first-order valence-electron chi connectivity index (χ1n) is 5.27. The maximum absolute atomic E-state index is 11.6. The van der Waals surface area contributed by atoms with E-state index in [-0.39, 0.29) is 11.8 Å². The lowest BCUT2D eigenvalue weighted by Crippen LogP contribution is -2.18. The molecule has 92 valence electrons. The predicted molar refractivity (Wildman–Crippen MR) is 66.1 cm³/mol. The average Bonchev–Trinajstić information content (AvgIpc) is 2.31. The van der Waals surface area contributed by atoms with Crippen molar-refractivity contribution in [3.63, 3.8) is 0 Å². The number of hydrogen-bond donors (Lipinski definition) is 2. The van der Waals surface area contributed by atoms with Gasteiger partial charge in [0, 0.05) is 12.0 Å². The van der Waals surface area contributed by atoms with Crippen LogP contribution in [0.4, 0.5) is 11.4 Å². The van der Waals surface area contributed by atoms with Crippen LogP contribution in [0.3, 0.4) is 0 Å². The second kappa shape index (κ2) is 5.89. The molecule has 5 heteroatoms. The summed E-state index contributed by atoms with van der Waals surface area (Å²) in [4.78, 5) is 22.0. The number of rotatable bonds is 5. The molecular formula is C12H16N2O3. The third kappa shape index (κ3) is 3.48. The Morgan fingerprint density at radius 3 is 2.59 bits per heavy atom. The minimum atomic E-state index is -0.134. The Bertz CT molecular complexity index is 416. The maximum atomic E-state index is 11.6. The van der Waals surface area contributed by atoms with Crippen molar-refractivity contribution < 1.29 is 14.3 Å². The van der Waals surface area contributed by atoms with Crippen molar-refractivity contribution >= 4 is 23.7 Å². The molecule has 0 saturated heterocycles. The van der Waals surface area contributed by atoms with Crippen molar-refractivity contribution in [1.29, 1.82) is 0 Å². The van der Waals surface area contributed by atoms with Crippen LogP contribution in [0.15, 0.2) is 18.2 Å². The molecular weight excluding hydrogens is 220 g/mol. The van der Waals surface area contributed by atoms with Crippen LogP contribution < -0.4 is 15.4 Å². The number of ether oxygens (including phenoxy) is 1. The number of carbonyl (C=O) groups excluding carboxylic acids is 2. The van der Waals surface area contributed by atoms with Crippen molar-refractivity contribution in [2.24, 2.45) is 5.92 Å². The molecule has 0 aromatic heterocycles. The highest BCUT2D eigenvalue weighted by Crippen LogP contribution is 2.27. The monoisotopic (exact) mass is 236 g/mol. The summed E-state index contributed by atoms with van der Waals surface area (Å²) < 4.78 is 5.06. The molecule has 1 rings (SSSR count). The van der Waals surface area contributed by atoms with Gasteiger partial charge in [0.25, 0.3) is 0 Å². The SMILES string of the molecule is COc1ccc(NC=O)c(NC(=O)C(C)C)c1. The van der Waals surface area contributed by atoms with E-state index in [2.05, 4.69) is 10.6 Å². The van der Waals surface area contributed by atoms with Gasteiger partial charge in [0.1, 0.15) is 5.75 Å². The molecule has 0 bridgehead atoms. The summed E-state index contributed by atoms with van der Waals surface area (Å²) in [5, 5.41) is 5.25. The van der Waals surface area contributed by atoms with E-state index >= 15 is 0 Å². The molecule has 0 atom stereocenters. The fraction of sp³-hybridized carbons (Fsp3) is 0.333. The smallest absolute Gasteiger partial charge is 0.226 e. The van der Waals surface area contributed by atoms with Crippen molar-refractivity contribution in [3.05, 3.63) is 18.2 Å². The number of amides is 2. The number of carbonyl (C=O) groups is 2. The summed E-state index contributed by atoms with van der Waals surface area (Å²) in [6.07, 6.45) is 0.562. The molecule has 0 fully saturated rings. The van der Waals surface area contributed by atoms with Crippen LogP contribution in [0.2, 0.25) is 0 Å². The highest BCUT2D eigenvalue weighted by Gasteiger charge is 2.11. The zero-order valence-electron chi connectivity index (χ0n) is 10.1. The molecule has 5 nitrogen and oxygen atoms in total. The third-order valence-electron chi connectivity index (χ3n) is 2.22. The van der Waals surface area contributed by atoms with Crippen LogP contribution in [0, 0.1) is 5.92 Å². The summed E-state index contributed by atoms with van der Waals surface area (Å²) in [5.41, 5.74) is 1.06. The number of benzene rings is 1. The molecule has 0 aliphatic rings. The molecule has 0 aliphatic carbocycles. The van der Waals surface area contributed by atoms with Gasteiger partial charge < -0.3 is 15.4 Å². The lowest BCUT2D eigenvalue weighted by Gasteiger charge is -2.13. The van der Waals surface area contributed by atoms with E-state index in [4.69, 9.17) is 4.74 Å². The quantitative estimate of drug-likeness (QED) is 0.767. The molecule has 2 N–H and O–H groups in total. The van der Waals surface area contributed by atoms with Crippen LogP contribution >= 0.6 is 0 Å². The van der Waals surface area contributed by atoms with Crippen molar-refractivity contribution in [1.82, 2.24) is 0 Å². The van der Waals surface area contributed by atoms with Crippen LogP contribution in [-0.4, -0.2) is 19.4 Å². The molecule has 0 unspecified atom stereocenters. The van der Waals surface area contributed by atoms with Gasteiger partial charge in [-0.1, -0.05) is 13.8 Å². The van der Waals surface area contributed by atoms with Crippen molar-refractivity contribution in [2.75, 3.05) is 17.7 Å². The van der Waals surface area contributed by atoms with Gasteiger partial charge in [-0.05, 0) is 12.1 Å². The highest BCUT2D eigenvalue weighted by molar-refractivity contribution is 5.97. The Morgan fingerprint density at radius 2 is 2.06 bits per heavy atom. The first kappa shape index (κ1) is 13.0. The van der Waals surface area contributed by atoms with E-state index in [9.17, 15) is 9.59 Å². The summed E-state index contributed by atoms with van der Waals surface area (Å²) in [6, 6.07) is 5.03. The van der Waals surface area contributed by atoms with Gasteiger partial charge in [0.15, 0.2) is 0 Å². The molecule has 1 aromatic rings. The first-order chi connectivity index (χ1) is 8.08. The predicted octanol–water partition coefficient (Wildman–Crippen LogP) is 1.86. The van der Waals surface area contributed by atoms with Crippen LogP contribution in [0.25, 0.3) is 0 Å². The van der Waals surface area contributed by atoms with Gasteiger partial charge in [0.05, 0.1) is 18.5 Å². The van der Waals surface area contributed by atoms with E-state index in [0.717, 1.165) is 0 Å². The van der Waals surface area contributed by atoms with Crippen LogP contribution in [0.1, 0.15) is 13.8 Å². The van der Waals surface area contributed by atoms with E-state index in [1.54, 1.807) is 32.0 Å². The van der Waals surface area contributed by atoms with Crippen molar-refractivity contribution in [3.8, 4) is 5.75 Å². The Kier molecular flexibility index (Phi) is 4.51. The number of hydrogen-bond acceptors (Lipinski definition) is 3. The zero-order chi connectivity index (χ0) is 12.8. The topological polar surface area (TPSA) is 67.4 Å². The molecule has 1 aromatic carbocycles. The molecule has 17 heavy (non-hydrogen) atoms. The maximum Gasteiger partial charge on any atom is 0.226 e. The van der Waals surface area contributed by atoms with E-state index in [1.807, 2.05) is 0 Å². The lowest BCUT2D eigenvalue weighted by molar-refractivity contribution is -0.118. The minimum absolute atomic E-state index is 0.118. The minimum Gasteiger partial charge on any atom is -0.497 e. The first-order valence-corrected chi connectivity index (χ1v) is 5.27. The number of nitrogens with one attached hydrogen (secondary N) is 2. The Hall–Kier alpha value is -2.04. The van der Waals surface area contributed by atoms with Gasteiger partial charge in [-0.2, -0.15) is 0 Å². The van der Waals surface area contributed by atoms with Gasteiger partial charge in [-0.15, -0.1) is 0 Å². The summed E-state index contributed by atoms with van der Waals surface area (Å²) >= 11 is 0. The fourth-order valence-electron chi connectivity index (χ4n) is 1.22. The summed E-state index contributed by atoms with van der Waals surface area (Å²) in [5.74, 6) is 0.359. The van der Waals surface area contributed by atoms with E-state index in [1.165, 1.54) is 7.11 Å². The van der Waals surface area contributed by atoms with E-state index in [0.29, 0.717) is 23.5 Å². The summed E-state index contributed by atoms with van der Waals surface area (Å²) in [6.45, 7) is 3.59. The van der Waals surface area contributed by atoms with Gasteiger partial charge in [0.2, 0.25) is 12.3 Å². The fourth-order valence-corrected chi connectivity index (χ4v) is 1.22. The zero-order valence-corrected chi connectivity index (χ0v) is 10.1. The normalized spacial score (nSPS) is 9.88. The average molecular weight is 236 g/mol. The van der Waals surface area contributed by atoms with Gasteiger partial charge >= 0.3 is 0 Å². The lowest BCUT2D eigenvalue weighted by atomic mass is 10.2. The van der Waals surface area contributed by atoms with Crippen LogP contribution in [-0.2, 0) is 9.59 Å². The van der Waals surface area contributed by atoms with E-state index < -0.39 is 0 Å². The Labute approximate surface area is 100 Å².